The molecule has 0 saturated carbocycles. The number of rotatable bonds is 8. The van der Waals surface area contributed by atoms with Crippen LogP contribution in [0.3, 0.4) is 0 Å². The van der Waals surface area contributed by atoms with Crippen molar-refractivity contribution in [1.82, 2.24) is 5.32 Å². The van der Waals surface area contributed by atoms with Crippen molar-refractivity contribution >= 4 is 0 Å². The van der Waals surface area contributed by atoms with E-state index in [0.29, 0.717) is 0 Å². The van der Waals surface area contributed by atoms with Gasteiger partial charge in [-0.25, -0.2) is 4.39 Å². The first-order valence-electron chi connectivity index (χ1n) is 5.11. The Morgan fingerprint density at radius 3 is 2.50 bits per heavy atom. The second-order valence-electron chi connectivity index (χ2n) is 3.34. The van der Waals surface area contributed by atoms with E-state index in [9.17, 15) is 4.39 Å². The Morgan fingerprint density at radius 2 is 2.00 bits per heavy atom. The molecule has 0 heterocycles. The van der Waals surface area contributed by atoms with E-state index in [0.717, 1.165) is 18.9 Å². The van der Waals surface area contributed by atoms with Gasteiger partial charge in [0, 0.05) is 0 Å². The van der Waals surface area contributed by atoms with Gasteiger partial charge in [0.15, 0.2) is 0 Å². The molecule has 0 saturated heterocycles. The van der Waals surface area contributed by atoms with E-state index in [1.54, 1.807) is 0 Å². The first-order chi connectivity index (χ1) is 5.85. The van der Waals surface area contributed by atoms with E-state index in [-0.39, 0.29) is 6.80 Å². The molecule has 0 aliphatic heterocycles. The van der Waals surface area contributed by atoms with Crippen LogP contribution in [-0.4, -0.2) is 13.3 Å². The Bertz CT molecular complexity index is 85.9. The van der Waals surface area contributed by atoms with Gasteiger partial charge in [-0.1, -0.05) is 39.5 Å². The Kier molecular flexibility index (Phi) is 8.90. The number of unbranched alkanes of at least 4 members (excludes halogenated alkanes) is 1. The zero-order chi connectivity index (χ0) is 9.23. The molecular weight excluding hydrogens is 153 g/mol. The molecule has 0 spiro atoms. The van der Waals surface area contributed by atoms with Gasteiger partial charge in [0.2, 0.25) is 0 Å². The second-order valence-corrected chi connectivity index (χ2v) is 3.34. The summed E-state index contributed by atoms with van der Waals surface area (Å²) in [5.74, 6) is 0.795. The van der Waals surface area contributed by atoms with E-state index in [4.69, 9.17) is 0 Å². The highest BCUT2D eigenvalue weighted by atomic mass is 19.1. The van der Waals surface area contributed by atoms with Gasteiger partial charge in [0.05, 0.1) is 0 Å². The van der Waals surface area contributed by atoms with Gasteiger partial charge in [-0.05, 0) is 18.9 Å². The smallest absolute Gasteiger partial charge is 0.140 e. The van der Waals surface area contributed by atoms with Crippen molar-refractivity contribution in [2.45, 2.75) is 46.0 Å². The van der Waals surface area contributed by atoms with Crippen LogP contribution in [0.25, 0.3) is 0 Å². The van der Waals surface area contributed by atoms with Gasteiger partial charge in [-0.2, -0.15) is 0 Å². The highest BCUT2D eigenvalue weighted by molar-refractivity contribution is 4.58. The van der Waals surface area contributed by atoms with Gasteiger partial charge in [0.1, 0.15) is 6.80 Å². The number of alkyl halides is 1. The third kappa shape index (κ3) is 6.59. The largest absolute Gasteiger partial charge is 0.290 e. The van der Waals surface area contributed by atoms with Crippen LogP contribution in [0.5, 0.6) is 0 Å². The molecule has 0 aromatic carbocycles. The minimum absolute atomic E-state index is 0.385. The summed E-state index contributed by atoms with van der Waals surface area (Å²) in [5, 5.41) is 2.72. The van der Waals surface area contributed by atoms with Crippen LogP contribution in [0.1, 0.15) is 46.0 Å². The number of halogens is 1. The van der Waals surface area contributed by atoms with Crippen LogP contribution < -0.4 is 5.32 Å². The molecule has 2 heteroatoms. The average molecular weight is 175 g/mol. The summed E-state index contributed by atoms with van der Waals surface area (Å²) < 4.78 is 11.7. The molecule has 0 aliphatic rings. The summed E-state index contributed by atoms with van der Waals surface area (Å²) >= 11 is 0. The molecule has 0 fully saturated rings. The summed E-state index contributed by atoms with van der Waals surface area (Å²) in [7, 11) is 0. The highest BCUT2D eigenvalue weighted by Crippen LogP contribution is 2.15. The third-order valence-corrected chi connectivity index (χ3v) is 2.37. The molecule has 0 aromatic heterocycles. The lowest BCUT2D eigenvalue weighted by Crippen LogP contribution is -2.16. The quantitative estimate of drug-likeness (QED) is 0.441. The molecule has 0 radical (unpaired) electrons. The fourth-order valence-electron chi connectivity index (χ4n) is 1.42. The van der Waals surface area contributed by atoms with Crippen LogP contribution >= 0.6 is 0 Å². The van der Waals surface area contributed by atoms with Crippen LogP contribution in [0.2, 0.25) is 0 Å². The van der Waals surface area contributed by atoms with E-state index >= 15 is 0 Å². The summed E-state index contributed by atoms with van der Waals surface area (Å²) in [6.45, 7) is 4.88. The van der Waals surface area contributed by atoms with Crippen molar-refractivity contribution in [2.75, 3.05) is 13.3 Å². The molecule has 0 bridgehead atoms. The van der Waals surface area contributed by atoms with E-state index in [1.807, 2.05) is 0 Å². The molecule has 1 unspecified atom stereocenters. The summed E-state index contributed by atoms with van der Waals surface area (Å²) in [6, 6.07) is 0. The lowest BCUT2D eigenvalue weighted by Gasteiger charge is -2.13. The minimum atomic E-state index is -0.385. The molecule has 1 N–H and O–H groups in total. The van der Waals surface area contributed by atoms with Gasteiger partial charge in [0.25, 0.3) is 0 Å². The molecule has 1 atom stereocenters. The molecule has 1 nitrogen and oxygen atoms in total. The van der Waals surface area contributed by atoms with Gasteiger partial charge in [-0.15, -0.1) is 0 Å². The Hall–Kier alpha value is -0.110. The summed E-state index contributed by atoms with van der Waals surface area (Å²) in [5.41, 5.74) is 0. The molecule has 74 valence electrons. The van der Waals surface area contributed by atoms with Crippen molar-refractivity contribution < 1.29 is 4.39 Å². The fourth-order valence-corrected chi connectivity index (χ4v) is 1.42. The first-order valence-corrected chi connectivity index (χ1v) is 5.11. The Balaban J connectivity index is 3.26. The van der Waals surface area contributed by atoms with Crippen molar-refractivity contribution in [3.63, 3.8) is 0 Å². The molecule has 0 aliphatic carbocycles. The topological polar surface area (TPSA) is 12.0 Å². The fraction of sp³-hybridized carbons (Fsp3) is 1.00. The zero-order valence-corrected chi connectivity index (χ0v) is 8.41. The van der Waals surface area contributed by atoms with Crippen molar-refractivity contribution in [3.8, 4) is 0 Å². The van der Waals surface area contributed by atoms with Crippen LogP contribution in [0.4, 0.5) is 4.39 Å². The maximum Gasteiger partial charge on any atom is 0.140 e. The number of hydrogen-bond donors (Lipinski definition) is 1. The van der Waals surface area contributed by atoms with E-state index < -0.39 is 0 Å². The van der Waals surface area contributed by atoms with Crippen molar-refractivity contribution in [2.24, 2.45) is 5.92 Å². The molecular formula is C10H22FN. The van der Waals surface area contributed by atoms with Crippen molar-refractivity contribution in [3.05, 3.63) is 0 Å². The lowest BCUT2D eigenvalue weighted by atomic mass is 9.96. The maximum atomic E-state index is 11.7. The summed E-state index contributed by atoms with van der Waals surface area (Å²) in [4.78, 5) is 0. The van der Waals surface area contributed by atoms with Gasteiger partial charge < -0.3 is 0 Å². The molecule has 12 heavy (non-hydrogen) atoms. The normalized spacial score (nSPS) is 13.2. The predicted octanol–water partition coefficient (Wildman–Crippen LogP) is 3.11. The molecule has 0 amide bonds. The third-order valence-electron chi connectivity index (χ3n) is 2.37. The predicted molar refractivity (Wildman–Crippen MR) is 51.9 cm³/mol. The van der Waals surface area contributed by atoms with E-state index in [2.05, 4.69) is 19.2 Å². The standard InChI is InChI=1S/C10H22FN/c1-3-5-6-10(4-2)7-8-12-9-11/h10,12H,3-9H2,1-2H3. The maximum absolute atomic E-state index is 11.7. The Labute approximate surface area is 75.7 Å². The van der Waals surface area contributed by atoms with Crippen LogP contribution in [0, 0.1) is 5.92 Å². The average Bonchev–Trinajstić information content (AvgIpc) is 2.11. The minimum Gasteiger partial charge on any atom is -0.290 e. The lowest BCUT2D eigenvalue weighted by molar-refractivity contribution is 0.372. The SMILES string of the molecule is CCCCC(CC)CCNCF. The second kappa shape index (κ2) is 8.98. The highest BCUT2D eigenvalue weighted by Gasteiger charge is 2.04. The summed E-state index contributed by atoms with van der Waals surface area (Å²) in [6.07, 6.45) is 6.25. The van der Waals surface area contributed by atoms with Crippen LogP contribution in [0.15, 0.2) is 0 Å². The number of hydrogen-bond acceptors (Lipinski definition) is 1. The van der Waals surface area contributed by atoms with E-state index in [1.165, 1.54) is 25.7 Å². The monoisotopic (exact) mass is 175 g/mol. The van der Waals surface area contributed by atoms with Gasteiger partial charge >= 0.3 is 0 Å². The molecule has 0 aromatic rings. The van der Waals surface area contributed by atoms with Crippen LogP contribution in [-0.2, 0) is 0 Å². The van der Waals surface area contributed by atoms with Crippen molar-refractivity contribution in [1.29, 1.82) is 0 Å². The first kappa shape index (κ1) is 11.9. The molecule has 0 rings (SSSR count). The Morgan fingerprint density at radius 1 is 1.25 bits per heavy atom. The zero-order valence-electron chi connectivity index (χ0n) is 8.41. The van der Waals surface area contributed by atoms with Gasteiger partial charge in [-0.3, -0.25) is 5.32 Å². The number of nitrogens with one attached hydrogen (secondary N) is 1.